The van der Waals surface area contributed by atoms with Gasteiger partial charge in [-0.05, 0) is 24.7 Å². The van der Waals surface area contributed by atoms with Gasteiger partial charge < -0.3 is 15.4 Å². The molecule has 0 radical (unpaired) electrons. The summed E-state index contributed by atoms with van der Waals surface area (Å²) < 4.78 is 0. The molecule has 6 heteroatoms. The monoisotopic (exact) mass is 348 g/mol. The largest absolute Gasteiger partial charge is 0.365 e. The van der Waals surface area contributed by atoms with Crippen molar-refractivity contribution in [1.82, 2.24) is 20.5 Å². The normalized spacial score (nSPS) is 19.7. The van der Waals surface area contributed by atoms with E-state index >= 15 is 0 Å². The Morgan fingerprint density at radius 3 is 2.92 bits per heavy atom. The molecule has 5 nitrogen and oxygen atoms in total. The molecule has 1 aromatic heterocycles. The van der Waals surface area contributed by atoms with E-state index in [1.165, 1.54) is 5.57 Å². The molecular weight excluding hydrogens is 324 g/mol. The maximum absolute atomic E-state index is 10.3. The van der Waals surface area contributed by atoms with E-state index in [1.54, 1.807) is 0 Å². The van der Waals surface area contributed by atoms with E-state index in [-0.39, 0.29) is 6.04 Å². The van der Waals surface area contributed by atoms with Gasteiger partial charge >= 0.3 is 0 Å². The molecule has 0 aliphatic carbocycles. The second-order valence-corrected chi connectivity index (χ2v) is 6.46. The van der Waals surface area contributed by atoms with Gasteiger partial charge in [0.2, 0.25) is 0 Å². The van der Waals surface area contributed by atoms with Crippen LogP contribution in [0.15, 0.2) is 30.5 Å². The molecule has 1 aromatic carbocycles. The number of fused-ring (bicyclic) bond motifs is 1. The number of para-hydroxylation sites is 1. The second kappa shape index (κ2) is 7.68. The van der Waals surface area contributed by atoms with E-state index < -0.39 is 6.35 Å². The van der Waals surface area contributed by atoms with E-state index in [1.807, 2.05) is 37.1 Å². The maximum atomic E-state index is 10.3. The minimum atomic E-state index is -0.639. The third-order valence-electron chi connectivity index (χ3n) is 4.61. The molecule has 2 atom stereocenters. The van der Waals surface area contributed by atoms with E-state index in [0.717, 1.165) is 47.7 Å². The highest BCUT2D eigenvalue weighted by Crippen LogP contribution is 2.30. The number of aliphatic hydroxyl groups excluding tert-OH is 1. The van der Waals surface area contributed by atoms with Crippen LogP contribution in [0.4, 0.5) is 0 Å². The zero-order valence-electron chi connectivity index (χ0n) is 14.1. The predicted molar refractivity (Wildman–Crippen MR) is 100 cm³/mol. The van der Waals surface area contributed by atoms with Crippen molar-refractivity contribution in [1.29, 1.82) is 0 Å². The quantitative estimate of drug-likeness (QED) is 0.605. The summed E-state index contributed by atoms with van der Waals surface area (Å²) in [6.45, 7) is 7.31. The van der Waals surface area contributed by atoms with Gasteiger partial charge in [0.15, 0.2) is 6.35 Å². The van der Waals surface area contributed by atoms with Crippen molar-refractivity contribution >= 4 is 28.1 Å². The predicted octanol–water partition coefficient (Wildman–Crippen LogP) is 2.38. The Balaban J connectivity index is 1.82. The number of nitrogens with zero attached hydrogens (tertiary/aromatic N) is 1. The minimum absolute atomic E-state index is 0.0773. The zero-order chi connectivity index (χ0) is 17.1. The van der Waals surface area contributed by atoms with Gasteiger partial charge in [0.25, 0.3) is 0 Å². The SMILES string of the molecule is CCN(CC)C(O)N[C@H]1C=C(c2c[nH]c3c(Cl)cccc23)CNC1. The van der Waals surface area contributed by atoms with Crippen molar-refractivity contribution in [3.8, 4) is 0 Å². The molecule has 2 heterocycles. The van der Waals surface area contributed by atoms with Gasteiger partial charge in [-0.25, -0.2) is 0 Å². The van der Waals surface area contributed by atoms with Gasteiger partial charge in [-0.3, -0.25) is 10.2 Å². The average molecular weight is 349 g/mol. The second-order valence-electron chi connectivity index (χ2n) is 6.06. The van der Waals surface area contributed by atoms with Gasteiger partial charge in [-0.1, -0.05) is 43.7 Å². The Bertz CT molecular complexity index is 723. The molecule has 2 aromatic rings. The van der Waals surface area contributed by atoms with Crippen LogP contribution in [0.1, 0.15) is 19.4 Å². The van der Waals surface area contributed by atoms with Crippen molar-refractivity contribution in [3.05, 3.63) is 41.1 Å². The van der Waals surface area contributed by atoms with Crippen LogP contribution < -0.4 is 10.6 Å². The third-order valence-corrected chi connectivity index (χ3v) is 4.93. The Morgan fingerprint density at radius 1 is 1.38 bits per heavy atom. The van der Waals surface area contributed by atoms with E-state index in [4.69, 9.17) is 11.6 Å². The minimum Gasteiger partial charge on any atom is -0.365 e. The fraction of sp³-hybridized carbons (Fsp3) is 0.444. The molecule has 0 bridgehead atoms. The smallest absolute Gasteiger partial charge is 0.163 e. The number of rotatable bonds is 6. The first-order valence-corrected chi connectivity index (χ1v) is 8.87. The lowest BCUT2D eigenvalue weighted by atomic mass is 9.99. The fourth-order valence-corrected chi connectivity index (χ4v) is 3.49. The van der Waals surface area contributed by atoms with Crippen LogP contribution in [0.5, 0.6) is 0 Å². The Kier molecular flexibility index (Phi) is 5.58. The van der Waals surface area contributed by atoms with Gasteiger partial charge in [0.1, 0.15) is 0 Å². The van der Waals surface area contributed by atoms with Crippen molar-refractivity contribution in [2.45, 2.75) is 26.2 Å². The summed E-state index contributed by atoms with van der Waals surface area (Å²) in [5, 5.41) is 18.9. The molecular formula is C18H25ClN4O. The number of halogens is 1. The zero-order valence-corrected chi connectivity index (χ0v) is 14.9. The standard InChI is InChI=1S/C18H25ClN4O/c1-3-23(4-2)18(24)22-13-8-12(9-20-10-13)15-11-21-17-14(15)6-5-7-16(17)19/h5-8,11,13,18,20-22,24H,3-4,9-10H2,1-2H3/t13-,18?/m0/s1. The first kappa shape index (κ1) is 17.5. The third kappa shape index (κ3) is 3.50. The summed E-state index contributed by atoms with van der Waals surface area (Å²) in [4.78, 5) is 5.25. The van der Waals surface area contributed by atoms with Crippen LogP contribution >= 0.6 is 11.6 Å². The van der Waals surface area contributed by atoms with Crippen LogP contribution in [0.2, 0.25) is 5.02 Å². The molecule has 0 saturated carbocycles. The number of aliphatic hydroxyl groups is 1. The number of hydrogen-bond donors (Lipinski definition) is 4. The highest BCUT2D eigenvalue weighted by atomic mass is 35.5. The number of nitrogens with one attached hydrogen (secondary N) is 3. The Hall–Kier alpha value is -1.37. The average Bonchev–Trinajstić information content (AvgIpc) is 3.02. The van der Waals surface area contributed by atoms with Gasteiger partial charge in [0.05, 0.1) is 10.5 Å². The molecule has 0 saturated heterocycles. The first-order chi connectivity index (χ1) is 11.6. The summed E-state index contributed by atoms with van der Waals surface area (Å²) in [7, 11) is 0. The number of benzene rings is 1. The molecule has 0 fully saturated rings. The van der Waals surface area contributed by atoms with Gasteiger partial charge in [0, 0.05) is 36.3 Å². The van der Waals surface area contributed by atoms with Gasteiger partial charge in [-0.15, -0.1) is 0 Å². The number of aromatic nitrogens is 1. The summed E-state index contributed by atoms with van der Waals surface area (Å²) in [5.74, 6) is 0. The molecule has 3 rings (SSSR count). The van der Waals surface area contributed by atoms with Crippen molar-refractivity contribution < 1.29 is 5.11 Å². The van der Waals surface area contributed by atoms with Crippen LogP contribution in [-0.4, -0.2) is 53.6 Å². The lowest BCUT2D eigenvalue weighted by Crippen LogP contribution is -2.53. The summed E-state index contributed by atoms with van der Waals surface area (Å²) in [6, 6.07) is 6.02. The van der Waals surface area contributed by atoms with E-state index in [0.29, 0.717) is 0 Å². The molecule has 1 aliphatic rings. The van der Waals surface area contributed by atoms with E-state index in [9.17, 15) is 5.11 Å². The summed E-state index contributed by atoms with van der Waals surface area (Å²) in [6.07, 6.45) is 3.57. The molecule has 1 aliphatic heterocycles. The van der Waals surface area contributed by atoms with E-state index in [2.05, 4.69) is 27.8 Å². The Morgan fingerprint density at radius 2 is 2.17 bits per heavy atom. The molecule has 0 spiro atoms. The topological polar surface area (TPSA) is 63.3 Å². The highest BCUT2D eigenvalue weighted by Gasteiger charge is 2.20. The van der Waals surface area contributed by atoms with Crippen molar-refractivity contribution in [3.63, 3.8) is 0 Å². The lowest BCUT2D eigenvalue weighted by molar-refractivity contribution is -0.0207. The molecule has 0 amide bonds. The van der Waals surface area contributed by atoms with Crippen molar-refractivity contribution in [2.24, 2.45) is 0 Å². The van der Waals surface area contributed by atoms with Crippen molar-refractivity contribution in [2.75, 3.05) is 26.2 Å². The summed E-state index contributed by atoms with van der Waals surface area (Å²) in [5.41, 5.74) is 3.33. The summed E-state index contributed by atoms with van der Waals surface area (Å²) >= 11 is 6.26. The van der Waals surface area contributed by atoms with Crippen LogP contribution in [0, 0.1) is 0 Å². The Labute approximate surface area is 147 Å². The maximum Gasteiger partial charge on any atom is 0.163 e. The molecule has 24 heavy (non-hydrogen) atoms. The van der Waals surface area contributed by atoms with Gasteiger partial charge in [-0.2, -0.15) is 0 Å². The fourth-order valence-electron chi connectivity index (χ4n) is 3.26. The number of aromatic amines is 1. The molecule has 4 N–H and O–H groups in total. The molecule has 1 unspecified atom stereocenters. The number of H-pyrrole nitrogens is 1. The van der Waals surface area contributed by atoms with Crippen LogP contribution in [-0.2, 0) is 0 Å². The van der Waals surface area contributed by atoms with Crippen LogP contribution in [0.25, 0.3) is 16.5 Å². The molecule has 130 valence electrons. The number of hydrogen-bond acceptors (Lipinski definition) is 4. The first-order valence-electron chi connectivity index (χ1n) is 8.49. The lowest BCUT2D eigenvalue weighted by Gasteiger charge is -2.31. The highest BCUT2D eigenvalue weighted by molar-refractivity contribution is 6.35. The van der Waals surface area contributed by atoms with Crippen LogP contribution in [0.3, 0.4) is 0 Å².